The summed E-state index contributed by atoms with van der Waals surface area (Å²) in [6.07, 6.45) is 1.49. The van der Waals surface area contributed by atoms with Gasteiger partial charge in [-0.15, -0.1) is 0 Å². The highest BCUT2D eigenvalue weighted by molar-refractivity contribution is 5.96. The lowest BCUT2D eigenvalue weighted by Gasteiger charge is -2.44. The number of nitrogens with zero attached hydrogens (tertiary/aromatic N) is 1. The molecule has 1 aromatic rings. The standard InChI is InChI=1S/C18H25NO3/c1-14-12-19(18(2,3)13-22-14)17(21)11-7-10-16(20)15-8-5-4-6-9-15/h4-6,8-9,14H,7,10-13H2,1-3H3. The molecule has 0 bridgehead atoms. The molecule has 1 aliphatic rings. The fraction of sp³-hybridized carbons (Fsp3) is 0.556. The Kier molecular flexibility index (Phi) is 5.35. The molecule has 0 N–H and O–H groups in total. The minimum absolute atomic E-state index is 0.0722. The van der Waals surface area contributed by atoms with Gasteiger partial charge in [0.15, 0.2) is 5.78 Å². The Morgan fingerprint density at radius 1 is 1.23 bits per heavy atom. The molecular weight excluding hydrogens is 278 g/mol. The molecule has 120 valence electrons. The number of benzene rings is 1. The van der Waals surface area contributed by atoms with Crippen molar-refractivity contribution in [3.8, 4) is 0 Å². The third-order valence-electron chi connectivity index (χ3n) is 4.08. The Hall–Kier alpha value is -1.68. The molecule has 1 saturated heterocycles. The first-order valence-corrected chi connectivity index (χ1v) is 7.90. The third-order valence-corrected chi connectivity index (χ3v) is 4.08. The van der Waals surface area contributed by atoms with Crippen LogP contribution >= 0.6 is 0 Å². The van der Waals surface area contributed by atoms with Gasteiger partial charge in [0.2, 0.25) is 5.91 Å². The van der Waals surface area contributed by atoms with Crippen LogP contribution in [-0.4, -0.2) is 41.4 Å². The Bertz CT molecular complexity index is 524. The molecule has 0 radical (unpaired) electrons. The lowest BCUT2D eigenvalue weighted by molar-refractivity contribution is -0.152. The van der Waals surface area contributed by atoms with Gasteiger partial charge in [-0.3, -0.25) is 9.59 Å². The number of hydrogen-bond acceptors (Lipinski definition) is 3. The zero-order chi connectivity index (χ0) is 16.2. The lowest BCUT2D eigenvalue weighted by atomic mass is 9.99. The van der Waals surface area contributed by atoms with Crippen LogP contribution < -0.4 is 0 Å². The number of amides is 1. The first-order valence-electron chi connectivity index (χ1n) is 7.90. The second-order valence-corrected chi connectivity index (χ2v) is 6.58. The Balaban J connectivity index is 1.83. The summed E-state index contributed by atoms with van der Waals surface area (Å²) >= 11 is 0. The van der Waals surface area contributed by atoms with Crippen LogP contribution in [-0.2, 0) is 9.53 Å². The number of morpholine rings is 1. The van der Waals surface area contributed by atoms with Gasteiger partial charge in [0.1, 0.15) is 0 Å². The number of ketones is 1. The molecule has 0 saturated carbocycles. The van der Waals surface area contributed by atoms with Crippen LogP contribution in [0.25, 0.3) is 0 Å². The van der Waals surface area contributed by atoms with Gasteiger partial charge in [-0.1, -0.05) is 30.3 Å². The predicted octanol–water partition coefficient (Wildman–Crippen LogP) is 3.07. The number of ether oxygens (including phenoxy) is 1. The summed E-state index contributed by atoms with van der Waals surface area (Å²) in [5.41, 5.74) is 0.447. The van der Waals surface area contributed by atoms with Crippen molar-refractivity contribution in [2.75, 3.05) is 13.2 Å². The van der Waals surface area contributed by atoms with Gasteiger partial charge in [0.25, 0.3) is 0 Å². The molecule has 1 amide bonds. The monoisotopic (exact) mass is 303 g/mol. The van der Waals surface area contributed by atoms with E-state index in [9.17, 15) is 9.59 Å². The highest BCUT2D eigenvalue weighted by atomic mass is 16.5. The van der Waals surface area contributed by atoms with Crippen molar-refractivity contribution >= 4 is 11.7 Å². The lowest BCUT2D eigenvalue weighted by Crippen LogP contribution is -2.57. The van der Waals surface area contributed by atoms with Gasteiger partial charge in [-0.2, -0.15) is 0 Å². The van der Waals surface area contributed by atoms with E-state index in [2.05, 4.69) is 0 Å². The summed E-state index contributed by atoms with van der Waals surface area (Å²) in [6, 6.07) is 9.24. The fourth-order valence-electron chi connectivity index (χ4n) is 2.72. The molecule has 1 atom stereocenters. The first-order chi connectivity index (χ1) is 10.4. The van der Waals surface area contributed by atoms with Gasteiger partial charge >= 0.3 is 0 Å². The summed E-state index contributed by atoms with van der Waals surface area (Å²) in [5, 5.41) is 0. The van der Waals surface area contributed by atoms with Crippen LogP contribution in [0.15, 0.2) is 30.3 Å². The molecular formula is C18H25NO3. The molecule has 2 rings (SSSR count). The van der Waals surface area contributed by atoms with Crippen molar-refractivity contribution in [3.05, 3.63) is 35.9 Å². The molecule has 0 aliphatic carbocycles. The second kappa shape index (κ2) is 7.05. The maximum absolute atomic E-state index is 12.4. The summed E-state index contributed by atoms with van der Waals surface area (Å²) in [6.45, 7) is 7.20. The molecule has 1 aromatic carbocycles. The smallest absolute Gasteiger partial charge is 0.223 e. The van der Waals surface area contributed by atoms with Crippen molar-refractivity contribution in [1.29, 1.82) is 0 Å². The molecule has 0 spiro atoms. The highest BCUT2D eigenvalue weighted by Gasteiger charge is 2.36. The molecule has 22 heavy (non-hydrogen) atoms. The van der Waals surface area contributed by atoms with Gasteiger partial charge in [-0.25, -0.2) is 0 Å². The van der Waals surface area contributed by atoms with Crippen molar-refractivity contribution in [1.82, 2.24) is 4.90 Å². The normalized spacial score (nSPS) is 20.7. The van der Waals surface area contributed by atoms with E-state index >= 15 is 0 Å². The molecule has 1 unspecified atom stereocenters. The Labute approximate surface area is 132 Å². The average molecular weight is 303 g/mol. The minimum atomic E-state index is -0.271. The van der Waals surface area contributed by atoms with E-state index in [0.29, 0.717) is 32.4 Å². The number of Topliss-reactive ketones (excluding diaryl/α,β-unsaturated/α-hetero) is 1. The maximum Gasteiger partial charge on any atom is 0.223 e. The van der Waals surface area contributed by atoms with Gasteiger partial charge in [0.05, 0.1) is 18.2 Å². The number of rotatable bonds is 5. The summed E-state index contributed by atoms with van der Waals surface area (Å²) in [5.74, 6) is 0.212. The number of carbonyl (C=O) groups is 2. The maximum atomic E-state index is 12.4. The number of carbonyl (C=O) groups excluding carboxylic acids is 2. The van der Waals surface area contributed by atoms with Crippen LogP contribution in [0.1, 0.15) is 50.4 Å². The van der Waals surface area contributed by atoms with E-state index in [4.69, 9.17) is 4.74 Å². The van der Waals surface area contributed by atoms with Crippen LogP contribution in [0.3, 0.4) is 0 Å². The average Bonchev–Trinajstić information content (AvgIpc) is 2.50. The van der Waals surface area contributed by atoms with Crippen LogP contribution in [0.2, 0.25) is 0 Å². The molecule has 4 nitrogen and oxygen atoms in total. The largest absolute Gasteiger partial charge is 0.374 e. The SMILES string of the molecule is CC1CN(C(=O)CCCC(=O)c2ccccc2)C(C)(C)CO1. The summed E-state index contributed by atoms with van der Waals surface area (Å²) < 4.78 is 5.63. The van der Waals surface area contributed by atoms with E-state index < -0.39 is 0 Å². The quantitative estimate of drug-likeness (QED) is 0.785. The topological polar surface area (TPSA) is 46.6 Å². The Morgan fingerprint density at radius 3 is 2.59 bits per heavy atom. The van der Waals surface area contributed by atoms with Crippen molar-refractivity contribution in [2.45, 2.75) is 51.7 Å². The predicted molar refractivity (Wildman–Crippen MR) is 85.8 cm³/mol. The Morgan fingerprint density at radius 2 is 1.91 bits per heavy atom. The second-order valence-electron chi connectivity index (χ2n) is 6.58. The third kappa shape index (κ3) is 4.17. The van der Waals surface area contributed by atoms with Crippen LogP contribution in [0, 0.1) is 0 Å². The van der Waals surface area contributed by atoms with Crippen molar-refractivity contribution in [3.63, 3.8) is 0 Å². The molecule has 4 heteroatoms. The van der Waals surface area contributed by atoms with Gasteiger partial charge in [-0.05, 0) is 27.2 Å². The number of hydrogen-bond donors (Lipinski definition) is 0. The molecule has 1 heterocycles. The van der Waals surface area contributed by atoms with E-state index in [-0.39, 0.29) is 23.3 Å². The van der Waals surface area contributed by atoms with E-state index in [1.165, 1.54) is 0 Å². The minimum Gasteiger partial charge on any atom is -0.374 e. The van der Waals surface area contributed by atoms with E-state index in [1.54, 1.807) is 0 Å². The summed E-state index contributed by atoms with van der Waals surface area (Å²) in [7, 11) is 0. The van der Waals surface area contributed by atoms with E-state index in [1.807, 2.05) is 56.0 Å². The van der Waals surface area contributed by atoms with E-state index in [0.717, 1.165) is 5.56 Å². The van der Waals surface area contributed by atoms with Gasteiger partial charge < -0.3 is 9.64 Å². The van der Waals surface area contributed by atoms with Crippen molar-refractivity contribution < 1.29 is 14.3 Å². The molecule has 1 fully saturated rings. The zero-order valence-corrected chi connectivity index (χ0v) is 13.7. The first kappa shape index (κ1) is 16.7. The summed E-state index contributed by atoms with van der Waals surface area (Å²) in [4.78, 5) is 26.4. The van der Waals surface area contributed by atoms with Gasteiger partial charge in [0, 0.05) is 24.9 Å². The van der Waals surface area contributed by atoms with Crippen LogP contribution in [0.4, 0.5) is 0 Å². The van der Waals surface area contributed by atoms with Crippen LogP contribution in [0.5, 0.6) is 0 Å². The fourth-order valence-corrected chi connectivity index (χ4v) is 2.72. The molecule has 0 aromatic heterocycles. The highest BCUT2D eigenvalue weighted by Crippen LogP contribution is 2.23. The molecule has 1 aliphatic heterocycles. The van der Waals surface area contributed by atoms with Crippen molar-refractivity contribution in [2.24, 2.45) is 0 Å². The zero-order valence-electron chi connectivity index (χ0n) is 13.7.